The first kappa shape index (κ1) is 12.5. The maximum absolute atomic E-state index is 12.0. The zero-order valence-corrected chi connectivity index (χ0v) is 9.90. The van der Waals surface area contributed by atoms with Gasteiger partial charge in [-0.2, -0.15) is 0 Å². The molecule has 4 heteroatoms. The van der Waals surface area contributed by atoms with Gasteiger partial charge in [0, 0.05) is 6.54 Å². The van der Waals surface area contributed by atoms with Gasteiger partial charge in [-0.25, -0.2) is 0 Å². The molecular weight excluding hydrogens is 192 g/mol. The lowest BCUT2D eigenvalue weighted by Gasteiger charge is -2.39. The van der Waals surface area contributed by atoms with Crippen LogP contribution in [-0.4, -0.2) is 42.1 Å². The van der Waals surface area contributed by atoms with Crippen molar-refractivity contribution in [1.29, 1.82) is 0 Å². The number of amides is 1. The number of nitrogens with zero attached hydrogens (tertiary/aromatic N) is 1. The summed E-state index contributed by atoms with van der Waals surface area (Å²) < 4.78 is 5.48. The highest BCUT2D eigenvalue weighted by Crippen LogP contribution is 2.15. The molecule has 1 aliphatic heterocycles. The number of carbonyl (C=O) groups excluding carboxylic acids is 1. The standard InChI is InChI=1S/C11H22N2O2/c1-4-5-10(12)11(14)13-6-7-15-9(3)8(13)2/h8-10H,4-7,12H2,1-3H3. The van der Waals surface area contributed by atoms with Crippen LogP contribution in [0, 0.1) is 0 Å². The molecule has 3 unspecified atom stereocenters. The maximum Gasteiger partial charge on any atom is 0.239 e. The van der Waals surface area contributed by atoms with E-state index in [0.29, 0.717) is 13.2 Å². The summed E-state index contributed by atoms with van der Waals surface area (Å²) >= 11 is 0. The predicted octanol–water partition coefficient (Wildman–Crippen LogP) is 0.750. The van der Waals surface area contributed by atoms with Crippen LogP contribution in [0.15, 0.2) is 0 Å². The van der Waals surface area contributed by atoms with Crippen LogP contribution in [0.1, 0.15) is 33.6 Å². The summed E-state index contributed by atoms with van der Waals surface area (Å²) in [6, 6.07) is -0.211. The van der Waals surface area contributed by atoms with Crippen molar-refractivity contribution in [2.45, 2.75) is 51.8 Å². The minimum Gasteiger partial charge on any atom is -0.375 e. The fourth-order valence-electron chi connectivity index (χ4n) is 1.89. The summed E-state index contributed by atoms with van der Waals surface area (Å²) in [6.45, 7) is 7.34. The Kier molecular flexibility index (Phi) is 4.54. The number of hydrogen-bond donors (Lipinski definition) is 1. The summed E-state index contributed by atoms with van der Waals surface area (Å²) in [7, 11) is 0. The lowest BCUT2D eigenvalue weighted by Crippen LogP contribution is -2.55. The van der Waals surface area contributed by atoms with E-state index in [-0.39, 0.29) is 24.1 Å². The molecule has 0 bridgehead atoms. The van der Waals surface area contributed by atoms with Crippen LogP contribution in [0.2, 0.25) is 0 Å². The quantitative estimate of drug-likeness (QED) is 0.754. The molecular formula is C11H22N2O2. The van der Waals surface area contributed by atoms with Gasteiger partial charge >= 0.3 is 0 Å². The topological polar surface area (TPSA) is 55.6 Å². The molecule has 1 aliphatic rings. The van der Waals surface area contributed by atoms with Crippen LogP contribution in [0.3, 0.4) is 0 Å². The number of nitrogens with two attached hydrogens (primary N) is 1. The second-order valence-electron chi connectivity index (χ2n) is 4.24. The molecule has 3 atom stereocenters. The number of hydrogen-bond acceptors (Lipinski definition) is 3. The van der Waals surface area contributed by atoms with Gasteiger partial charge in [0.25, 0.3) is 0 Å². The fraction of sp³-hybridized carbons (Fsp3) is 0.909. The van der Waals surface area contributed by atoms with E-state index in [4.69, 9.17) is 10.5 Å². The molecule has 1 saturated heterocycles. The molecule has 0 spiro atoms. The summed E-state index contributed by atoms with van der Waals surface area (Å²) in [5.41, 5.74) is 5.83. The van der Waals surface area contributed by atoms with Crippen molar-refractivity contribution in [3.05, 3.63) is 0 Å². The SMILES string of the molecule is CCCC(N)C(=O)N1CCOC(C)C1C. The van der Waals surface area contributed by atoms with Crippen molar-refractivity contribution in [1.82, 2.24) is 4.90 Å². The third-order valence-corrected chi connectivity index (χ3v) is 3.08. The van der Waals surface area contributed by atoms with Crippen LogP contribution in [-0.2, 0) is 9.53 Å². The number of morpholine rings is 1. The Balaban J connectivity index is 2.57. The van der Waals surface area contributed by atoms with Crippen molar-refractivity contribution in [2.24, 2.45) is 5.73 Å². The Morgan fingerprint density at radius 3 is 2.87 bits per heavy atom. The lowest BCUT2D eigenvalue weighted by molar-refractivity contribution is -0.145. The zero-order valence-electron chi connectivity index (χ0n) is 9.90. The molecule has 0 aromatic carbocycles. The van der Waals surface area contributed by atoms with Gasteiger partial charge in [-0.3, -0.25) is 4.79 Å². The van der Waals surface area contributed by atoms with Crippen molar-refractivity contribution < 1.29 is 9.53 Å². The van der Waals surface area contributed by atoms with Crippen LogP contribution in [0.4, 0.5) is 0 Å². The Morgan fingerprint density at radius 2 is 2.27 bits per heavy atom. The first-order chi connectivity index (χ1) is 7.07. The summed E-state index contributed by atoms with van der Waals surface area (Å²) in [5, 5.41) is 0. The number of carbonyl (C=O) groups is 1. The highest BCUT2D eigenvalue weighted by molar-refractivity contribution is 5.82. The highest BCUT2D eigenvalue weighted by Gasteiger charge is 2.31. The summed E-state index contributed by atoms with van der Waals surface area (Å²) in [5.74, 6) is 0.0690. The molecule has 1 fully saturated rings. The van der Waals surface area contributed by atoms with Crippen LogP contribution in [0.25, 0.3) is 0 Å². The maximum atomic E-state index is 12.0. The first-order valence-electron chi connectivity index (χ1n) is 5.75. The Hall–Kier alpha value is -0.610. The average molecular weight is 214 g/mol. The summed E-state index contributed by atoms with van der Waals surface area (Å²) in [4.78, 5) is 13.8. The smallest absolute Gasteiger partial charge is 0.239 e. The van der Waals surface area contributed by atoms with Gasteiger partial charge in [0.05, 0.1) is 24.8 Å². The fourth-order valence-corrected chi connectivity index (χ4v) is 1.89. The zero-order chi connectivity index (χ0) is 11.4. The van der Waals surface area contributed by atoms with Gasteiger partial charge in [0.15, 0.2) is 0 Å². The molecule has 1 rings (SSSR count). The second-order valence-corrected chi connectivity index (χ2v) is 4.24. The normalized spacial score (nSPS) is 28.9. The van der Waals surface area contributed by atoms with E-state index in [1.807, 2.05) is 25.7 Å². The molecule has 0 saturated carbocycles. The molecule has 0 aromatic heterocycles. The minimum atomic E-state index is -0.345. The molecule has 1 amide bonds. The third-order valence-electron chi connectivity index (χ3n) is 3.08. The van der Waals surface area contributed by atoms with E-state index in [1.54, 1.807) is 0 Å². The van der Waals surface area contributed by atoms with E-state index in [2.05, 4.69) is 0 Å². The highest BCUT2D eigenvalue weighted by atomic mass is 16.5. The van der Waals surface area contributed by atoms with Gasteiger partial charge < -0.3 is 15.4 Å². The molecule has 15 heavy (non-hydrogen) atoms. The van der Waals surface area contributed by atoms with Gasteiger partial charge in [0.2, 0.25) is 5.91 Å². The van der Waals surface area contributed by atoms with Crippen molar-refractivity contribution in [2.75, 3.05) is 13.2 Å². The second kappa shape index (κ2) is 5.47. The summed E-state index contributed by atoms with van der Waals surface area (Å²) in [6.07, 6.45) is 1.81. The Labute approximate surface area is 91.8 Å². The first-order valence-corrected chi connectivity index (χ1v) is 5.75. The lowest BCUT2D eigenvalue weighted by atomic mass is 10.1. The van der Waals surface area contributed by atoms with Gasteiger partial charge in [-0.05, 0) is 20.3 Å². The van der Waals surface area contributed by atoms with Gasteiger partial charge in [-0.15, -0.1) is 0 Å². The third kappa shape index (κ3) is 2.92. The average Bonchev–Trinajstić information content (AvgIpc) is 2.21. The molecule has 88 valence electrons. The van der Waals surface area contributed by atoms with E-state index >= 15 is 0 Å². The van der Waals surface area contributed by atoms with E-state index in [9.17, 15) is 4.79 Å². The molecule has 4 nitrogen and oxygen atoms in total. The predicted molar refractivity (Wildman–Crippen MR) is 59.5 cm³/mol. The van der Waals surface area contributed by atoms with Crippen LogP contribution < -0.4 is 5.73 Å². The molecule has 1 heterocycles. The van der Waals surface area contributed by atoms with Gasteiger partial charge in [-0.1, -0.05) is 13.3 Å². The number of rotatable bonds is 3. The van der Waals surface area contributed by atoms with E-state index in [0.717, 1.165) is 12.8 Å². The number of ether oxygens (including phenoxy) is 1. The van der Waals surface area contributed by atoms with Crippen LogP contribution >= 0.6 is 0 Å². The Morgan fingerprint density at radius 1 is 1.60 bits per heavy atom. The minimum absolute atomic E-state index is 0.0690. The largest absolute Gasteiger partial charge is 0.375 e. The molecule has 0 radical (unpaired) electrons. The van der Waals surface area contributed by atoms with Crippen molar-refractivity contribution in [3.63, 3.8) is 0 Å². The van der Waals surface area contributed by atoms with E-state index < -0.39 is 0 Å². The molecule has 0 aliphatic carbocycles. The van der Waals surface area contributed by atoms with Crippen molar-refractivity contribution in [3.8, 4) is 0 Å². The Bertz CT molecular complexity index is 221. The van der Waals surface area contributed by atoms with Crippen molar-refractivity contribution >= 4 is 5.91 Å². The monoisotopic (exact) mass is 214 g/mol. The molecule has 2 N–H and O–H groups in total. The van der Waals surface area contributed by atoms with Gasteiger partial charge in [0.1, 0.15) is 0 Å². The van der Waals surface area contributed by atoms with E-state index in [1.165, 1.54) is 0 Å². The molecule has 0 aromatic rings. The van der Waals surface area contributed by atoms with Crippen LogP contribution in [0.5, 0.6) is 0 Å².